The van der Waals surface area contributed by atoms with Crippen LogP contribution in [0.4, 0.5) is 5.95 Å². The van der Waals surface area contributed by atoms with Gasteiger partial charge in [-0.3, -0.25) is 0 Å². The molecule has 74 valence electrons. The van der Waals surface area contributed by atoms with Crippen molar-refractivity contribution in [2.45, 2.75) is 13.8 Å². The van der Waals surface area contributed by atoms with Crippen molar-refractivity contribution in [2.24, 2.45) is 0 Å². The van der Waals surface area contributed by atoms with Crippen molar-refractivity contribution in [3.8, 4) is 6.07 Å². The van der Waals surface area contributed by atoms with E-state index in [-0.39, 0.29) is 5.15 Å². The van der Waals surface area contributed by atoms with Gasteiger partial charge in [0.05, 0.1) is 6.20 Å². The summed E-state index contributed by atoms with van der Waals surface area (Å²) in [4.78, 5) is 10.1. The Labute approximate surface area is 88.2 Å². The molecule has 4 nitrogen and oxygen atoms in total. The number of hydrogen-bond acceptors (Lipinski definition) is 4. The molecule has 0 atom stereocenters. The van der Waals surface area contributed by atoms with E-state index in [0.29, 0.717) is 11.5 Å². The van der Waals surface area contributed by atoms with Crippen LogP contribution in [0.2, 0.25) is 5.15 Å². The Hall–Kier alpha value is -1.34. The summed E-state index contributed by atoms with van der Waals surface area (Å²) >= 11 is 5.79. The fourth-order valence-corrected chi connectivity index (χ4v) is 1.25. The molecule has 0 bridgehead atoms. The predicted molar refractivity (Wildman–Crippen MR) is 55.3 cm³/mol. The van der Waals surface area contributed by atoms with Crippen molar-refractivity contribution in [3.05, 3.63) is 16.9 Å². The summed E-state index contributed by atoms with van der Waals surface area (Å²) in [5.74, 6) is 0.569. The zero-order valence-corrected chi connectivity index (χ0v) is 8.91. The van der Waals surface area contributed by atoms with Gasteiger partial charge in [0.15, 0.2) is 5.15 Å². The molecule has 0 aliphatic heterocycles. The minimum atomic E-state index is 0.212. The number of aromatic nitrogens is 2. The molecular formula is C9H11ClN4. The molecule has 0 amide bonds. The summed E-state index contributed by atoms with van der Waals surface area (Å²) in [6.07, 6.45) is 1.45. The summed E-state index contributed by atoms with van der Waals surface area (Å²) in [7, 11) is 0. The third-order valence-corrected chi connectivity index (χ3v) is 2.18. The van der Waals surface area contributed by atoms with Crippen molar-refractivity contribution in [1.29, 1.82) is 5.26 Å². The average Bonchev–Trinajstić information content (AvgIpc) is 2.20. The van der Waals surface area contributed by atoms with Gasteiger partial charge in [-0.2, -0.15) is 10.2 Å². The van der Waals surface area contributed by atoms with E-state index in [1.165, 1.54) is 6.20 Å². The van der Waals surface area contributed by atoms with Crippen LogP contribution in [0, 0.1) is 11.3 Å². The van der Waals surface area contributed by atoms with Crippen molar-refractivity contribution in [1.82, 2.24) is 9.97 Å². The van der Waals surface area contributed by atoms with Crippen LogP contribution in [0.15, 0.2) is 6.20 Å². The normalized spacial score (nSPS) is 9.57. The minimum Gasteiger partial charge on any atom is -0.341 e. The van der Waals surface area contributed by atoms with E-state index in [4.69, 9.17) is 16.9 Å². The lowest BCUT2D eigenvalue weighted by molar-refractivity contribution is 0.820. The van der Waals surface area contributed by atoms with E-state index in [1.54, 1.807) is 0 Å². The molecule has 0 saturated carbocycles. The van der Waals surface area contributed by atoms with E-state index in [2.05, 4.69) is 9.97 Å². The highest BCUT2D eigenvalue weighted by Crippen LogP contribution is 2.15. The predicted octanol–water partition coefficient (Wildman–Crippen LogP) is 1.85. The smallest absolute Gasteiger partial charge is 0.226 e. The van der Waals surface area contributed by atoms with Gasteiger partial charge in [-0.05, 0) is 13.8 Å². The number of nitrogens with zero attached hydrogens (tertiary/aromatic N) is 4. The fraction of sp³-hybridized carbons (Fsp3) is 0.444. The Morgan fingerprint density at radius 1 is 1.50 bits per heavy atom. The number of hydrogen-bond donors (Lipinski definition) is 0. The van der Waals surface area contributed by atoms with E-state index < -0.39 is 0 Å². The molecule has 0 radical (unpaired) electrons. The monoisotopic (exact) mass is 210 g/mol. The largest absolute Gasteiger partial charge is 0.341 e. The van der Waals surface area contributed by atoms with Gasteiger partial charge >= 0.3 is 0 Å². The molecule has 0 unspecified atom stereocenters. The molecule has 0 saturated heterocycles. The van der Waals surface area contributed by atoms with Gasteiger partial charge in [0.1, 0.15) is 11.6 Å². The topological polar surface area (TPSA) is 52.8 Å². The second kappa shape index (κ2) is 4.77. The highest BCUT2D eigenvalue weighted by atomic mass is 35.5. The van der Waals surface area contributed by atoms with Crippen LogP contribution in [-0.2, 0) is 0 Å². The molecule has 5 heteroatoms. The fourth-order valence-electron chi connectivity index (χ4n) is 1.09. The van der Waals surface area contributed by atoms with Crippen LogP contribution >= 0.6 is 11.6 Å². The molecule has 0 aromatic carbocycles. The number of nitriles is 1. The molecule has 1 aromatic heterocycles. The first-order valence-electron chi connectivity index (χ1n) is 4.40. The zero-order chi connectivity index (χ0) is 10.6. The Balaban J connectivity index is 3.02. The SMILES string of the molecule is CCN(CC)c1ncc(C#N)c(Cl)n1. The van der Waals surface area contributed by atoms with Gasteiger partial charge in [0, 0.05) is 13.1 Å². The highest BCUT2D eigenvalue weighted by molar-refractivity contribution is 6.30. The summed E-state index contributed by atoms with van der Waals surface area (Å²) < 4.78 is 0. The number of rotatable bonds is 3. The van der Waals surface area contributed by atoms with Crippen molar-refractivity contribution in [2.75, 3.05) is 18.0 Å². The standard InChI is InChI=1S/C9H11ClN4/c1-3-14(4-2)9-12-6-7(5-11)8(10)13-9/h6H,3-4H2,1-2H3. The second-order valence-electron chi connectivity index (χ2n) is 2.66. The summed E-state index contributed by atoms with van der Waals surface area (Å²) in [6.45, 7) is 5.66. The quantitative estimate of drug-likeness (QED) is 0.715. The van der Waals surface area contributed by atoms with E-state index in [0.717, 1.165) is 13.1 Å². The molecule has 14 heavy (non-hydrogen) atoms. The van der Waals surface area contributed by atoms with Crippen LogP contribution in [0.5, 0.6) is 0 Å². The highest BCUT2D eigenvalue weighted by Gasteiger charge is 2.08. The number of anilines is 1. The Morgan fingerprint density at radius 2 is 2.14 bits per heavy atom. The first-order chi connectivity index (χ1) is 6.72. The molecule has 1 heterocycles. The van der Waals surface area contributed by atoms with Crippen molar-refractivity contribution < 1.29 is 0 Å². The van der Waals surface area contributed by atoms with Crippen LogP contribution < -0.4 is 4.90 Å². The van der Waals surface area contributed by atoms with E-state index in [9.17, 15) is 0 Å². The second-order valence-corrected chi connectivity index (χ2v) is 3.02. The van der Waals surface area contributed by atoms with Crippen molar-refractivity contribution >= 4 is 17.5 Å². The van der Waals surface area contributed by atoms with Gasteiger partial charge in [0.25, 0.3) is 0 Å². The molecular weight excluding hydrogens is 200 g/mol. The van der Waals surface area contributed by atoms with Gasteiger partial charge in [-0.25, -0.2) is 4.98 Å². The molecule has 0 fully saturated rings. The Morgan fingerprint density at radius 3 is 2.57 bits per heavy atom. The summed E-state index contributed by atoms with van der Waals surface area (Å²) in [6, 6.07) is 1.92. The summed E-state index contributed by atoms with van der Waals surface area (Å²) in [5.41, 5.74) is 0.308. The Kier molecular flexibility index (Phi) is 3.66. The van der Waals surface area contributed by atoms with Crippen LogP contribution in [0.25, 0.3) is 0 Å². The van der Waals surface area contributed by atoms with Crippen LogP contribution in [0.1, 0.15) is 19.4 Å². The molecule has 0 N–H and O–H groups in total. The van der Waals surface area contributed by atoms with Crippen LogP contribution in [0.3, 0.4) is 0 Å². The van der Waals surface area contributed by atoms with Gasteiger partial charge < -0.3 is 4.90 Å². The molecule has 0 aliphatic rings. The maximum Gasteiger partial charge on any atom is 0.226 e. The van der Waals surface area contributed by atoms with E-state index in [1.807, 2.05) is 24.8 Å². The van der Waals surface area contributed by atoms with Gasteiger partial charge in [-0.15, -0.1) is 0 Å². The summed E-state index contributed by atoms with van der Waals surface area (Å²) in [5, 5.41) is 8.85. The third-order valence-electron chi connectivity index (χ3n) is 1.90. The molecule has 1 aromatic rings. The van der Waals surface area contributed by atoms with Crippen molar-refractivity contribution in [3.63, 3.8) is 0 Å². The lowest BCUT2D eigenvalue weighted by Crippen LogP contribution is -2.24. The Bertz CT molecular complexity index is 354. The molecule has 0 aliphatic carbocycles. The lowest BCUT2D eigenvalue weighted by Gasteiger charge is -2.17. The first-order valence-corrected chi connectivity index (χ1v) is 4.78. The zero-order valence-electron chi connectivity index (χ0n) is 8.16. The first kappa shape index (κ1) is 10.7. The van der Waals surface area contributed by atoms with Crippen LogP contribution in [-0.4, -0.2) is 23.1 Å². The minimum absolute atomic E-state index is 0.212. The maximum atomic E-state index is 8.63. The maximum absolute atomic E-state index is 8.63. The average molecular weight is 211 g/mol. The number of halogens is 1. The lowest BCUT2D eigenvalue weighted by atomic mass is 10.4. The van der Waals surface area contributed by atoms with E-state index >= 15 is 0 Å². The third kappa shape index (κ3) is 2.12. The van der Waals surface area contributed by atoms with Gasteiger partial charge in [0.2, 0.25) is 5.95 Å². The van der Waals surface area contributed by atoms with Gasteiger partial charge in [-0.1, -0.05) is 11.6 Å². The molecule has 1 rings (SSSR count). The molecule has 0 spiro atoms.